The lowest BCUT2D eigenvalue weighted by Gasteiger charge is -2.15. The van der Waals surface area contributed by atoms with Crippen molar-refractivity contribution < 1.29 is 28.6 Å². The number of carbonyl (C=O) groups excluding carboxylic acids is 3. The number of nitrogens with one attached hydrogen (secondary N) is 1. The van der Waals surface area contributed by atoms with E-state index in [1.165, 1.54) is 0 Å². The highest BCUT2D eigenvalue weighted by Gasteiger charge is 2.27. The van der Waals surface area contributed by atoms with Gasteiger partial charge in [-0.15, -0.1) is 21.5 Å². The first-order chi connectivity index (χ1) is 18.1. The number of benzene rings is 1. The van der Waals surface area contributed by atoms with Gasteiger partial charge in [-0.3, -0.25) is 4.79 Å². The van der Waals surface area contributed by atoms with Gasteiger partial charge in [-0.25, -0.2) is 9.59 Å². The fraction of sp³-hybridized carbons (Fsp3) is 0.375. The van der Waals surface area contributed by atoms with E-state index in [1.54, 1.807) is 57.5 Å². The van der Waals surface area contributed by atoms with Crippen LogP contribution in [0.25, 0.3) is 0 Å². The molecule has 1 aromatic carbocycles. The summed E-state index contributed by atoms with van der Waals surface area (Å²) < 4.78 is 17.8. The lowest BCUT2D eigenvalue weighted by atomic mass is 10.1. The zero-order chi connectivity index (χ0) is 28.0. The van der Waals surface area contributed by atoms with E-state index in [9.17, 15) is 14.4 Å². The number of hydrogen-bond donors (Lipinski definition) is 1. The number of carbonyl (C=O) groups is 3. The molecule has 3 aromatic rings. The van der Waals surface area contributed by atoms with Crippen LogP contribution in [0.4, 0.5) is 5.00 Å². The monoisotopic (exact) mass is 600 g/mol. The molecular formula is C24H26Cl2N4O6S2. The second kappa shape index (κ2) is 13.3. The molecule has 2 aromatic heterocycles. The van der Waals surface area contributed by atoms with Crippen molar-refractivity contribution in [1.82, 2.24) is 14.8 Å². The number of amides is 1. The van der Waals surface area contributed by atoms with E-state index in [0.717, 1.165) is 23.1 Å². The predicted molar refractivity (Wildman–Crippen MR) is 147 cm³/mol. The number of aromatic nitrogens is 3. The molecule has 0 radical (unpaired) electrons. The first-order valence-corrected chi connectivity index (χ1v) is 14.0. The highest BCUT2D eigenvalue weighted by Crippen LogP contribution is 2.35. The van der Waals surface area contributed by atoms with Crippen LogP contribution in [-0.2, 0) is 21.3 Å². The summed E-state index contributed by atoms with van der Waals surface area (Å²) in [6.07, 6.45) is -0.489. The molecule has 0 spiro atoms. The quantitative estimate of drug-likeness (QED) is 0.217. The molecule has 0 aliphatic heterocycles. The van der Waals surface area contributed by atoms with Crippen LogP contribution in [-0.4, -0.2) is 51.6 Å². The van der Waals surface area contributed by atoms with Crippen molar-refractivity contribution in [2.24, 2.45) is 7.05 Å². The van der Waals surface area contributed by atoms with E-state index >= 15 is 0 Å². The van der Waals surface area contributed by atoms with Gasteiger partial charge in [-0.2, -0.15) is 0 Å². The van der Waals surface area contributed by atoms with Crippen LogP contribution in [0.5, 0.6) is 5.75 Å². The molecule has 2 heterocycles. The van der Waals surface area contributed by atoms with Crippen LogP contribution in [0.3, 0.4) is 0 Å². The van der Waals surface area contributed by atoms with Crippen molar-refractivity contribution in [2.45, 2.75) is 39.0 Å². The molecule has 0 bridgehead atoms. The Hall–Kier alpha value is -2.80. The summed E-state index contributed by atoms with van der Waals surface area (Å²) in [5, 5.41) is 12.6. The number of halogens is 2. The smallest absolute Gasteiger partial charge is 0.348 e. The summed E-state index contributed by atoms with van der Waals surface area (Å²) in [4.78, 5) is 37.9. The molecule has 0 saturated heterocycles. The van der Waals surface area contributed by atoms with Crippen LogP contribution in [0.1, 0.15) is 58.3 Å². The number of rotatable bonds is 11. The maximum atomic E-state index is 12.8. The van der Waals surface area contributed by atoms with E-state index in [1.807, 2.05) is 0 Å². The van der Waals surface area contributed by atoms with Crippen LogP contribution >= 0.6 is 46.3 Å². The Kier molecular flexibility index (Phi) is 10.4. The minimum atomic E-state index is -0.632. The largest absolute Gasteiger partial charge is 0.481 e. The number of hydrogen-bond acceptors (Lipinski definition) is 10. The second-order valence-corrected chi connectivity index (χ2v) is 10.6. The zero-order valence-corrected chi connectivity index (χ0v) is 24.4. The number of anilines is 1. The van der Waals surface area contributed by atoms with E-state index in [0.29, 0.717) is 32.3 Å². The van der Waals surface area contributed by atoms with Crippen LogP contribution in [0.15, 0.2) is 23.4 Å². The predicted octanol–water partition coefficient (Wildman–Crippen LogP) is 5.72. The normalized spacial score (nSPS) is 11.7. The van der Waals surface area contributed by atoms with Gasteiger partial charge in [0.2, 0.25) is 5.91 Å². The van der Waals surface area contributed by atoms with E-state index in [4.69, 9.17) is 37.4 Å². The van der Waals surface area contributed by atoms with Gasteiger partial charge in [0.25, 0.3) is 0 Å². The van der Waals surface area contributed by atoms with Gasteiger partial charge < -0.3 is 24.1 Å². The maximum Gasteiger partial charge on any atom is 0.348 e. The zero-order valence-electron chi connectivity index (χ0n) is 21.3. The second-order valence-electron chi connectivity index (χ2n) is 7.77. The Morgan fingerprint density at radius 2 is 1.82 bits per heavy atom. The molecule has 1 amide bonds. The molecule has 204 valence electrons. The Morgan fingerprint density at radius 1 is 1.13 bits per heavy atom. The van der Waals surface area contributed by atoms with E-state index < -0.39 is 23.9 Å². The fourth-order valence-electron chi connectivity index (χ4n) is 3.35. The molecule has 0 aliphatic rings. The van der Waals surface area contributed by atoms with Gasteiger partial charge in [0.1, 0.15) is 15.6 Å². The minimum Gasteiger partial charge on any atom is -0.481 e. The standard InChI is InChI=1S/C24H26Cl2N4O6S2/c1-6-34-22(32)18-12(3)19(23(33)35-7-2)38-21(18)27-17(31)11-37-24-29-28-20(30(24)5)13(4)36-16-9-8-14(25)10-15(16)26/h8-10,13H,6-7,11H2,1-5H3,(H,27,31). The fourth-order valence-corrected chi connectivity index (χ4v) is 5.63. The number of nitrogens with zero attached hydrogens (tertiary/aromatic N) is 3. The Balaban J connectivity index is 1.70. The third kappa shape index (κ3) is 6.99. The summed E-state index contributed by atoms with van der Waals surface area (Å²) >= 11 is 14.3. The Labute approximate surface area is 237 Å². The molecule has 1 N–H and O–H groups in total. The van der Waals surface area contributed by atoms with E-state index in [2.05, 4.69) is 15.5 Å². The molecule has 3 rings (SSSR count). The van der Waals surface area contributed by atoms with Crippen molar-refractivity contribution >= 4 is 69.1 Å². The van der Waals surface area contributed by atoms with Crippen molar-refractivity contribution in [1.29, 1.82) is 0 Å². The molecular weight excluding hydrogens is 575 g/mol. The van der Waals surface area contributed by atoms with Crippen molar-refractivity contribution in [3.63, 3.8) is 0 Å². The first-order valence-electron chi connectivity index (χ1n) is 11.5. The molecule has 0 saturated carbocycles. The Morgan fingerprint density at radius 3 is 2.47 bits per heavy atom. The molecule has 10 nitrogen and oxygen atoms in total. The summed E-state index contributed by atoms with van der Waals surface area (Å²) in [6, 6.07) is 4.92. The van der Waals surface area contributed by atoms with E-state index in [-0.39, 0.29) is 34.4 Å². The van der Waals surface area contributed by atoms with Crippen molar-refractivity contribution in [2.75, 3.05) is 24.3 Å². The third-order valence-corrected chi connectivity index (χ3v) is 7.84. The molecule has 1 atom stereocenters. The average molecular weight is 602 g/mol. The maximum absolute atomic E-state index is 12.8. The minimum absolute atomic E-state index is 0.0296. The highest BCUT2D eigenvalue weighted by molar-refractivity contribution is 7.99. The summed E-state index contributed by atoms with van der Waals surface area (Å²) in [5.74, 6) is -0.662. The van der Waals surface area contributed by atoms with Crippen LogP contribution < -0.4 is 10.1 Å². The van der Waals surface area contributed by atoms with Gasteiger partial charge in [-0.1, -0.05) is 35.0 Å². The third-order valence-electron chi connectivity index (χ3n) is 5.10. The van der Waals surface area contributed by atoms with Gasteiger partial charge in [-0.05, 0) is 51.5 Å². The number of thioether (sulfide) groups is 1. The molecule has 14 heteroatoms. The van der Waals surface area contributed by atoms with Crippen LogP contribution in [0, 0.1) is 6.92 Å². The van der Waals surface area contributed by atoms with Gasteiger partial charge in [0, 0.05) is 12.1 Å². The molecule has 1 unspecified atom stereocenters. The van der Waals surface area contributed by atoms with Gasteiger partial charge >= 0.3 is 11.9 Å². The lowest BCUT2D eigenvalue weighted by molar-refractivity contribution is -0.113. The van der Waals surface area contributed by atoms with Crippen molar-refractivity contribution in [3.05, 3.63) is 50.1 Å². The Bertz CT molecular complexity index is 1340. The SMILES string of the molecule is CCOC(=O)c1sc(NC(=O)CSc2nnc(C(C)Oc3ccc(Cl)cc3Cl)n2C)c(C(=O)OCC)c1C. The molecule has 0 fully saturated rings. The summed E-state index contributed by atoms with van der Waals surface area (Å²) in [7, 11) is 1.76. The summed E-state index contributed by atoms with van der Waals surface area (Å²) in [6.45, 7) is 7.09. The molecule has 0 aliphatic carbocycles. The van der Waals surface area contributed by atoms with Gasteiger partial charge in [0.05, 0.1) is 29.6 Å². The average Bonchev–Trinajstić information content (AvgIpc) is 3.39. The van der Waals surface area contributed by atoms with Crippen molar-refractivity contribution in [3.8, 4) is 5.75 Å². The van der Waals surface area contributed by atoms with Crippen LogP contribution in [0.2, 0.25) is 10.0 Å². The number of ether oxygens (including phenoxy) is 3. The topological polar surface area (TPSA) is 122 Å². The van der Waals surface area contributed by atoms with Gasteiger partial charge in [0.15, 0.2) is 17.1 Å². The lowest BCUT2D eigenvalue weighted by Crippen LogP contribution is -2.17. The highest BCUT2D eigenvalue weighted by atomic mass is 35.5. The molecule has 38 heavy (non-hydrogen) atoms. The first kappa shape index (κ1) is 29.8. The summed E-state index contributed by atoms with van der Waals surface area (Å²) in [5.41, 5.74) is 0.522. The number of esters is 2. The number of thiophene rings is 1.